The molecular weight excluding hydrogens is 117 g/mol. The van der Waals surface area contributed by atoms with Gasteiger partial charge in [-0.25, -0.2) is 0 Å². The molecule has 1 atom stereocenters. The molecular formula is C7H12FN. The summed E-state index contributed by atoms with van der Waals surface area (Å²) in [5.41, 5.74) is 2.77. The third kappa shape index (κ3) is 1.52. The molecule has 1 fully saturated rings. The molecule has 0 aromatic rings. The Bertz CT molecular complexity index is 111. The van der Waals surface area contributed by atoms with Gasteiger partial charge in [-0.3, -0.25) is 0 Å². The van der Waals surface area contributed by atoms with Crippen molar-refractivity contribution in [2.24, 2.45) is 0 Å². The van der Waals surface area contributed by atoms with Crippen molar-refractivity contribution in [3.8, 4) is 0 Å². The largest absolute Gasteiger partial charge is 0.152 e. The smallest absolute Gasteiger partial charge is 0.0578 e. The van der Waals surface area contributed by atoms with Crippen LogP contribution in [0.4, 0.5) is 4.48 Å². The standard InChI is InChI=1S/C7H12FN/c1-6-4-2-3-5-7(6)9-8/h7,9H,1-5H2. The Labute approximate surface area is 54.9 Å². The molecule has 0 radical (unpaired) electrons. The summed E-state index contributed by atoms with van der Waals surface area (Å²) >= 11 is 0. The van der Waals surface area contributed by atoms with Crippen molar-refractivity contribution in [3.05, 3.63) is 12.2 Å². The van der Waals surface area contributed by atoms with Crippen LogP contribution in [-0.2, 0) is 0 Å². The molecule has 2 heteroatoms. The van der Waals surface area contributed by atoms with Gasteiger partial charge >= 0.3 is 0 Å². The second-order valence-electron chi connectivity index (χ2n) is 2.57. The van der Waals surface area contributed by atoms with Gasteiger partial charge in [0.25, 0.3) is 0 Å². The minimum absolute atomic E-state index is 0.0567. The average molecular weight is 129 g/mol. The number of halogens is 1. The lowest BCUT2D eigenvalue weighted by Gasteiger charge is -2.21. The fraction of sp³-hybridized carbons (Fsp3) is 0.714. The number of hydrogen-bond donors (Lipinski definition) is 1. The topological polar surface area (TPSA) is 12.0 Å². The Morgan fingerprint density at radius 3 is 2.78 bits per heavy atom. The highest BCUT2D eigenvalue weighted by atomic mass is 19.2. The molecule has 1 N–H and O–H groups in total. The van der Waals surface area contributed by atoms with E-state index in [1.54, 1.807) is 5.54 Å². The molecule has 1 nitrogen and oxygen atoms in total. The van der Waals surface area contributed by atoms with Gasteiger partial charge in [0.2, 0.25) is 0 Å². The molecule has 1 aliphatic carbocycles. The number of hydrogen-bond acceptors (Lipinski definition) is 1. The highest BCUT2D eigenvalue weighted by Crippen LogP contribution is 2.21. The monoisotopic (exact) mass is 129 g/mol. The molecule has 0 bridgehead atoms. The maximum absolute atomic E-state index is 11.8. The molecule has 0 aromatic carbocycles. The number of nitrogens with one attached hydrogen (secondary N) is 1. The first kappa shape index (κ1) is 6.75. The molecule has 1 aliphatic rings. The van der Waals surface area contributed by atoms with E-state index in [4.69, 9.17) is 0 Å². The molecule has 0 spiro atoms. The second kappa shape index (κ2) is 2.97. The summed E-state index contributed by atoms with van der Waals surface area (Å²) < 4.78 is 11.8. The first-order chi connectivity index (χ1) is 4.34. The van der Waals surface area contributed by atoms with Crippen molar-refractivity contribution < 1.29 is 4.48 Å². The van der Waals surface area contributed by atoms with E-state index in [0.29, 0.717) is 0 Å². The van der Waals surface area contributed by atoms with Crippen LogP contribution in [0, 0.1) is 0 Å². The minimum atomic E-state index is -0.0567. The van der Waals surface area contributed by atoms with Crippen molar-refractivity contribution in [1.82, 2.24) is 5.54 Å². The van der Waals surface area contributed by atoms with Crippen LogP contribution in [0.25, 0.3) is 0 Å². The Balaban J connectivity index is 2.39. The van der Waals surface area contributed by atoms with Gasteiger partial charge in [-0.15, -0.1) is 4.48 Å². The predicted molar refractivity (Wildman–Crippen MR) is 35.6 cm³/mol. The van der Waals surface area contributed by atoms with E-state index in [-0.39, 0.29) is 6.04 Å². The summed E-state index contributed by atoms with van der Waals surface area (Å²) in [6, 6.07) is -0.0567. The summed E-state index contributed by atoms with van der Waals surface area (Å²) in [5.74, 6) is 0. The molecule has 1 saturated carbocycles. The molecule has 1 rings (SSSR count). The molecule has 0 aliphatic heterocycles. The SMILES string of the molecule is C=C1CCCCC1NF. The molecule has 1 unspecified atom stereocenters. The van der Waals surface area contributed by atoms with Gasteiger partial charge in [-0.05, 0) is 19.3 Å². The fourth-order valence-corrected chi connectivity index (χ4v) is 1.21. The van der Waals surface area contributed by atoms with Crippen LogP contribution in [0.1, 0.15) is 25.7 Å². The van der Waals surface area contributed by atoms with Gasteiger partial charge in [-0.2, -0.15) is 5.54 Å². The summed E-state index contributed by atoms with van der Waals surface area (Å²) in [4.78, 5) is 0. The predicted octanol–water partition coefficient (Wildman–Crippen LogP) is 1.96. The first-order valence-electron chi connectivity index (χ1n) is 3.38. The Kier molecular flexibility index (Phi) is 2.22. The zero-order chi connectivity index (χ0) is 6.69. The van der Waals surface area contributed by atoms with Crippen molar-refractivity contribution >= 4 is 0 Å². The zero-order valence-electron chi connectivity index (χ0n) is 5.49. The summed E-state index contributed by atoms with van der Waals surface area (Å²) in [5, 5.41) is 0. The molecule has 9 heavy (non-hydrogen) atoms. The molecule has 0 saturated heterocycles. The average Bonchev–Trinajstić information content (AvgIpc) is 1.89. The van der Waals surface area contributed by atoms with Gasteiger partial charge in [0.05, 0.1) is 6.04 Å². The molecule has 0 amide bonds. The fourth-order valence-electron chi connectivity index (χ4n) is 1.21. The summed E-state index contributed by atoms with van der Waals surface area (Å²) in [6.45, 7) is 3.76. The van der Waals surface area contributed by atoms with E-state index in [2.05, 4.69) is 6.58 Å². The van der Waals surface area contributed by atoms with Gasteiger partial charge in [0.15, 0.2) is 0 Å². The van der Waals surface area contributed by atoms with Crippen molar-refractivity contribution in [3.63, 3.8) is 0 Å². The van der Waals surface area contributed by atoms with E-state index in [1.165, 1.54) is 6.42 Å². The van der Waals surface area contributed by atoms with E-state index >= 15 is 0 Å². The Morgan fingerprint density at radius 2 is 2.33 bits per heavy atom. The second-order valence-corrected chi connectivity index (χ2v) is 2.57. The lowest BCUT2D eigenvalue weighted by Crippen LogP contribution is -2.26. The normalized spacial score (nSPS) is 28.6. The molecule has 0 aromatic heterocycles. The van der Waals surface area contributed by atoms with E-state index in [9.17, 15) is 4.48 Å². The van der Waals surface area contributed by atoms with Crippen LogP contribution < -0.4 is 5.54 Å². The first-order valence-corrected chi connectivity index (χ1v) is 3.38. The lowest BCUT2D eigenvalue weighted by molar-refractivity contribution is 0.265. The Morgan fingerprint density at radius 1 is 1.56 bits per heavy atom. The third-order valence-electron chi connectivity index (χ3n) is 1.87. The summed E-state index contributed by atoms with van der Waals surface area (Å²) in [7, 11) is 0. The van der Waals surface area contributed by atoms with Crippen LogP contribution in [0.5, 0.6) is 0 Å². The maximum atomic E-state index is 11.8. The van der Waals surface area contributed by atoms with Crippen molar-refractivity contribution in [2.45, 2.75) is 31.7 Å². The lowest BCUT2D eigenvalue weighted by atomic mass is 9.92. The van der Waals surface area contributed by atoms with Crippen molar-refractivity contribution in [1.29, 1.82) is 0 Å². The van der Waals surface area contributed by atoms with Gasteiger partial charge in [0.1, 0.15) is 0 Å². The van der Waals surface area contributed by atoms with E-state index in [0.717, 1.165) is 24.8 Å². The van der Waals surface area contributed by atoms with Crippen LogP contribution >= 0.6 is 0 Å². The van der Waals surface area contributed by atoms with E-state index in [1.807, 2.05) is 0 Å². The van der Waals surface area contributed by atoms with Gasteiger partial charge in [-0.1, -0.05) is 18.6 Å². The van der Waals surface area contributed by atoms with Crippen molar-refractivity contribution in [2.75, 3.05) is 0 Å². The highest BCUT2D eigenvalue weighted by Gasteiger charge is 2.15. The maximum Gasteiger partial charge on any atom is 0.0578 e. The van der Waals surface area contributed by atoms with Crippen LogP contribution in [0.3, 0.4) is 0 Å². The van der Waals surface area contributed by atoms with Crippen LogP contribution in [0.2, 0.25) is 0 Å². The third-order valence-corrected chi connectivity index (χ3v) is 1.87. The van der Waals surface area contributed by atoms with E-state index < -0.39 is 0 Å². The van der Waals surface area contributed by atoms with Gasteiger partial charge < -0.3 is 0 Å². The number of rotatable bonds is 1. The molecule has 52 valence electrons. The van der Waals surface area contributed by atoms with Crippen LogP contribution in [-0.4, -0.2) is 6.04 Å². The quantitative estimate of drug-likeness (QED) is 0.421. The summed E-state index contributed by atoms with van der Waals surface area (Å²) in [6.07, 6.45) is 4.20. The zero-order valence-corrected chi connectivity index (χ0v) is 5.49. The van der Waals surface area contributed by atoms with Gasteiger partial charge in [0, 0.05) is 0 Å². The highest BCUT2D eigenvalue weighted by molar-refractivity contribution is 5.06. The molecule has 0 heterocycles. The minimum Gasteiger partial charge on any atom is -0.152 e. The van der Waals surface area contributed by atoms with Crippen LogP contribution in [0.15, 0.2) is 12.2 Å². The Hall–Kier alpha value is -0.370.